The summed E-state index contributed by atoms with van der Waals surface area (Å²) in [6.45, 7) is 0.482. The third kappa shape index (κ3) is 3.55. The summed E-state index contributed by atoms with van der Waals surface area (Å²) in [5, 5.41) is 2.72. The predicted octanol–water partition coefficient (Wildman–Crippen LogP) is 1.34. The number of piperidine rings is 1. The molecule has 1 aliphatic rings. The Bertz CT molecular complexity index is 588. The SMILES string of the molecule is COC(=O)c1cccc(NC(=O)[C@H]2CCCCN2C(N)=O)c1. The molecule has 0 saturated carbocycles. The molecule has 1 aromatic carbocycles. The largest absolute Gasteiger partial charge is 0.465 e. The minimum Gasteiger partial charge on any atom is -0.465 e. The molecule has 7 nitrogen and oxygen atoms in total. The second kappa shape index (κ2) is 6.93. The number of nitrogens with two attached hydrogens (primary N) is 1. The first-order valence-electron chi connectivity index (χ1n) is 7.08. The third-order valence-electron chi connectivity index (χ3n) is 3.64. The van der Waals surface area contributed by atoms with Gasteiger partial charge >= 0.3 is 12.0 Å². The molecular formula is C15H19N3O4. The fourth-order valence-electron chi connectivity index (χ4n) is 2.54. The molecule has 1 saturated heterocycles. The van der Waals surface area contributed by atoms with Crippen LogP contribution in [0.4, 0.5) is 10.5 Å². The number of hydrogen-bond donors (Lipinski definition) is 2. The number of nitrogens with zero attached hydrogens (tertiary/aromatic N) is 1. The molecule has 1 aliphatic heterocycles. The van der Waals surface area contributed by atoms with E-state index in [1.807, 2.05) is 0 Å². The highest BCUT2D eigenvalue weighted by molar-refractivity contribution is 5.98. The van der Waals surface area contributed by atoms with E-state index in [0.717, 1.165) is 12.8 Å². The molecule has 0 spiro atoms. The van der Waals surface area contributed by atoms with E-state index >= 15 is 0 Å². The van der Waals surface area contributed by atoms with Gasteiger partial charge in [0.05, 0.1) is 12.7 Å². The number of primary amides is 1. The molecule has 2 rings (SSSR count). The number of esters is 1. The van der Waals surface area contributed by atoms with E-state index in [2.05, 4.69) is 10.1 Å². The van der Waals surface area contributed by atoms with Crippen LogP contribution in [0.2, 0.25) is 0 Å². The Labute approximate surface area is 128 Å². The van der Waals surface area contributed by atoms with Crippen molar-refractivity contribution in [1.29, 1.82) is 0 Å². The Morgan fingerprint density at radius 1 is 1.32 bits per heavy atom. The van der Waals surface area contributed by atoms with Gasteiger partial charge in [0.25, 0.3) is 0 Å². The zero-order valence-electron chi connectivity index (χ0n) is 12.4. The lowest BCUT2D eigenvalue weighted by molar-refractivity contribution is -0.121. The fraction of sp³-hybridized carbons (Fsp3) is 0.400. The predicted molar refractivity (Wildman–Crippen MR) is 80.3 cm³/mol. The maximum absolute atomic E-state index is 12.4. The summed E-state index contributed by atoms with van der Waals surface area (Å²) in [7, 11) is 1.29. The van der Waals surface area contributed by atoms with Crippen molar-refractivity contribution >= 4 is 23.6 Å². The van der Waals surface area contributed by atoms with Crippen molar-refractivity contribution in [3.8, 4) is 0 Å². The number of nitrogens with one attached hydrogen (secondary N) is 1. The molecule has 3 N–H and O–H groups in total. The van der Waals surface area contributed by atoms with Gasteiger partial charge < -0.3 is 20.7 Å². The molecule has 1 atom stereocenters. The Morgan fingerprint density at radius 2 is 2.09 bits per heavy atom. The fourth-order valence-corrected chi connectivity index (χ4v) is 2.54. The Kier molecular flexibility index (Phi) is 4.98. The first-order chi connectivity index (χ1) is 10.5. The van der Waals surface area contributed by atoms with Gasteiger partial charge in [-0.15, -0.1) is 0 Å². The van der Waals surface area contributed by atoms with Crippen molar-refractivity contribution in [2.24, 2.45) is 5.73 Å². The normalized spacial score (nSPS) is 17.7. The summed E-state index contributed by atoms with van der Waals surface area (Å²) in [5.41, 5.74) is 6.13. The van der Waals surface area contributed by atoms with Crippen LogP contribution in [-0.2, 0) is 9.53 Å². The van der Waals surface area contributed by atoms with Crippen LogP contribution >= 0.6 is 0 Å². The maximum Gasteiger partial charge on any atom is 0.337 e. The van der Waals surface area contributed by atoms with Gasteiger partial charge in [-0.2, -0.15) is 0 Å². The third-order valence-corrected chi connectivity index (χ3v) is 3.64. The number of rotatable bonds is 3. The average Bonchev–Trinajstić information content (AvgIpc) is 2.54. The number of amides is 3. The van der Waals surface area contributed by atoms with Crippen LogP contribution in [0.3, 0.4) is 0 Å². The highest BCUT2D eigenvalue weighted by Crippen LogP contribution is 2.19. The Balaban J connectivity index is 2.10. The van der Waals surface area contributed by atoms with Crippen LogP contribution in [0, 0.1) is 0 Å². The smallest absolute Gasteiger partial charge is 0.337 e. The lowest BCUT2D eigenvalue weighted by atomic mass is 10.0. The number of methoxy groups -OCH3 is 1. The van der Waals surface area contributed by atoms with Crippen LogP contribution in [0.1, 0.15) is 29.6 Å². The van der Waals surface area contributed by atoms with Gasteiger partial charge in [0.15, 0.2) is 0 Å². The first-order valence-corrected chi connectivity index (χ1v) is 7.08. The zero-order chi connectivity index (χ0) is 16.1. The van der Waals surface area contributed by atoms with E-state index in [4.69, 9.17) is 5.73 Å². The van der Waals surface area contributed by atoms with Crippen LogP contribution in [0.15, 0.2) is 24.3 Å². The number of ether oxygens (including phenoxy) is 1. The summed E-state index contributed by atoms with van der Waals surface area (Å²) in [4.78, 5) is 36.6. The molecule has 1 heterocycles. The van der Waals surface area contributed by atoms with Gasteiger partial charge in [-0.05, 0) is 37.5 Å². The summed E-state index contributed by atoms with van der Waals surface area (Å²) < 4.78 is 4.64. The highest BCUT2D eigenvalue weighted by atomic mass is 16.5. The van der Waals surface area contributed by atoms with Crippen LogP contribution in [0.25, 0.3) is 0 Å². The molecule has 22 heavy (non-hydrogen) atoms. The number of urea groups is 1. The quantitative estimate of drug-likeness (QED) is 0.823. The Hall–Kier alpha value is -2.57. The van der Waals surface area contributed by atoms with Gasteiger partial charge in [-0.25, -0.2) is 9.59 Å². The van der Waals surface area contributed by atoms with Crippen molar-refractivity contribution in [1.82, 2.24) is 4.90 Å². The highest BCUT2D eigenvalue weighted by Gasteiger charge is 2.31. The molecule has 7 heteroatoms. The van der Waals surface area contributed by atoms with Crippen molar-refractivity contribution in [3.63, 3.8) is 0 Å². The summed E-state index contributed by atoms with van der Waals surface area (Å²) in [6.07, 6.45) is 2.28. The molecule has 0 radical (unpaired) electrons. The first kappa shape index (κ1) is 15.8. The topological polar surface area (TPSA) is 102 Å². The minimum atomic E-state index is -0.594. The van der Waals surface area contributed by atoms with E-state index in [-0.39, 0.29) is 5.91 Å². The number of carbonyl (C=O) groups is 3. The second-order valence-corrected chi connectivity index (χ2v) is 5.10. The molecule has 0 aliphatic carbocycles. The molecule has 0 unspecified atom stereocenters. The van der Waals surface area contributed by atoms with Crippen molar-refractivity contribution in [2.45, 2.75) is 25.3 Å². The number of likely N-dealkylation sites (tertiary alicyclic amines) is 1. The number of hydrogen-bond acceptors (Lipinski definition) is 4. The Morgan fingerprint density at radius 3 is 2.77 bits per heavy atom. The van der Waals surface area contributed by atoms with E-state index in [1.165, 1.54) is 18.1 Å². The van der Waals surface area contributed by atoms with E-state index < -0.39 is 18.0 Å². The summed E-state index contributed by atoms with van der Waals surface area (Å²) in [6, 6.07) is 5.27. The zero-order valence-corrected chi connectivity index (χ0v) is 12.4. The van der Waals surface area contributed by atoms with Crippen LogP contribution < -0.4 is 11.1 Å². The van der Waals surface area contributed by atoms with Crippen molar-refractivity contribution in [2.75, 3.05) is 19.0 Å². The monoisotopic (exact) mass is 305 g/mol. The van der Waals surface area contributed by atoms with Gasteiger partial charge in [0.1, 0.15) is 6.04 Å². The van der Waals surface area contributed by atoms with E-state index in [1.54, 1.807) is 18.2 Å². The number of anilines is 1. The lowest BCUT2D eigenvalue weighted by Gasteiger charge is -2.33. The molecule has 0 bridgehead atoms. The van der Waals surface area contributed by atoms with Gasteiger partial charge in [0.2, 0.25) is 5.91 Å². The molecule has 0 aromatic heterocycles. The molecule has 3 amide bonds. The van der Waals surface area contributed by atoms with Crippen molar-refractivity contribution < 1.29 is 19.1 Å². The summed E-state index contributed by atoms with van der Waals surface area (Å²) in [5.74, 6) is -0.784. The van der Waals surface area contributed by atoms with Gasteiger partial charge in [-0.1, -0.05) is 6.07 Å². The maximum atomic E-state index is 12.4. The number of carbonyl (C=O) groups excluding carboxylic acids is 3. The van der Waals surface area contributed by atoms with E-state index in [0.29, 0.717) is 24.2 Å². The second-order valence-electron chi connectivity index (χ2n) is 5.10. The van der Waals surface area contributed by atoms with Gasteiger partial charge in [-0.3, -0.25) is 4.79 Å². The lowest BCUT2D eigenvalue weighted by Crippen LogP contribution is -2.51. The van der Waals surface area contributed by atoms with E-state index in [9.17, 15) is 14.4 Å². The standard InChI is InChI=1S/C15H19N3O4/c1-22-14(20)10-5-4-6-11(9-10)17-13(19)12-7-2-3-8-18(12)15(16)21/h4-6,9,12H,2-3,7-8H2,1H3,(H2,16,21)(H,17,19)/t12-/m1/s1. The number of benzene rings is 1. The van der Waals surface area contributed by atoms with Crippen LogP contribution in [-0.4, -0.2) is 42.5 Å². The minimum absolute atomic E-state index is 0.305. The summed E-state index contributed by atoms with van der Waals surface area (Å²) >= 11 is 0. The van der Waals surface area contributed by atoms with Crippen molar-refractivity contribution in [3.05, 3.63) is 29.8 Å². The van der Waals surface area contributed by atoms with Gasteiger partial charge in [0, 0.05) is 12.2 Å². The molecular weight excluding hydrogens is 286 g/mol. The molecule has 1 fully saturated rings. The van der Waals surface area contributed by atoms with Crippen LogP contribution in [0.5, 0.6) is 0 Å². The average molecular weight is 305 g/mol. The molecule has 118 valence electrons. The molecule has 1 aromatic rings.